The van der Waals surface area contributed by atoms with Crippen LogP contribution in [-0.2, 0) is 19.0 Å². The molecular weight excluding hydrogens is 362 g/mol. The predicted molar refractivity (Wildman–Crippen MR) is 77.1 cm³/mol. The summed E-state index contributed by atoms with van der Waals surface area (Å²) >= 11 is 13.0. The van der Waals surface area contributed by atoms with Gasteiger partial charge in [0.1, 0.15) is 17.1 Å². The van der Waals surface area contributed by atoms with Gasteiger partial charge in [0, 0.05) is 17.4 Å². The maximum Gasteiger partial charge on any atom is 0.433 e. The van der Waals surface area contributed by atoms with Crippen LogP contribution in [0.3, 0.4) is 0 Å². The Hall–Kier alpha value is -1.25. The third kappa shape index (κ3) is 4.15. The molecule has 2 aromatic rings. The highest BCUT2D eigenvalue weighted by molar-refractivity contribution is 7.98. The highest BCUT2D eigenvalue weighted by Gasteiger charge is 2.33. The van der Waals surface area contributed by atoms with Crippen LogP contribution in [0.15, 0.2) is 28.4 Å². The van der Waals surface area contributed by atoms with Crippen molar-refractivity contribution >= 4 is 35.0 Å². The Balaban J connectivity index is 2.26. The first-order chi connectivity index (χ1) is 10.2. The van der Waals surface area contributed by atoms with E-state index in [1.54, 1.807) is 24.0 Å². The molecule has 22 heavy (non-hydrogen) atoms. The number of rotatable bonds is 3. The highest BCUT2D eigenvalue weighted by atomic mass is 35.5. The van der Waals surface area contributed by atoms with Crippen molar-refractivity contribution in [2.75, 3.05) is 0 Å². The number of hydrogen-bond donors (Lipinski definition) is 1. The maximum absolute atomic E-state index is 12.6. The predicted octanol–water partition coefficient (Wildman–Crippen LogP) is 3.21. The summed E-state index contributed by atoms with van der Waals surface area (Å²) in [6.07, 6.45) is -1.45. The Bertz CT molecular complexity index is 741. The van der Waals surface area contributed by atoms with E-state index < -0.39 is 17.4 Å². The summed E-state index contributed by atoms with van der Waals surface area (Å²) in [6.45, 7) is 0. The van der Waals surface area contributed by atoms with Gasteiger partial charge in [0.05, 0.1) is 0 Å². The monoisotopic (exact) mass is 370 g/mol. The van der Waals surface area contributed by atoms with Crippen molar-refractivity contribution in [3.8, 4) is 0 Å². The zero-order chi connectivity index (χ0) is 16.5. The number of pyridine rings is 1. The van der Waals surface area contributed by atoms with E-state index in [4.69, 9.17) is 23.2 Å². The van der Waals surface area contributed by atoms with Gasteiger partial charge in [-0.25, -0.2) is 9.55 Å². The lowest BCUT2D eigenvalue weighted by atomic mass is 10.3. The summed E-state index contributed by atoms with van der Waals surface area (Å²) in [6, 6.07) is 0.409. The first-order valence-electron chi connectivity index (χ1n) is 5.81. The van der Waals surface area contributed by atoms with Crippen LogP contribution in [0.5, 0.6) is 0 Å². The molecule has 4 nitrogen and oxygen atoms in total. The van der Waals surface area contributed by atoms with Gasteiger partial charge in [-0.3, -0.25) is 4.79 Å². The van der Waals surface area contributed by atoms with E-state index in [2.05, 4.69) is 9.97 Å². The second-order valence-corrected chi connectivity index (χ2v) is 6.10. The van der Waals surface area contributed by atoms with Gasteiger partial charge in [-0.15, -0.1) is 0 Å². The molecule has 0 atom stereocenters. The van der Waals surface area contributed by atoms with Gasteiger partial charge in [0.25, 0.3) is 5.56 Å². The number of H-pyrrole nitrogens is 1. The minimum absolute atomic E-state index is 0.153. The summed E-state index contributed by atoms with van der Waals surface area (Å²) in [4.78, 5) is 16.9. The van der Waals surface area contributed by atoms with Crippen molar-refractivity contribution in [1.29, 1.82) is 0 Å². The normalized spacial score (nSPS) is 11.7. The lowest BCUT2D eigenvalue weighted by Crippen LogP contribution is -2.27. The van der Waals surface area contributed by atoms with E-state index in [9.17, 15) is 18.0 Å². The van der Waals surface area contributed by atoms with Gasteiger partial charge < -0.3 is 4.98 Å². The Labute approximate surface area is 137 Å². The molecule has 0 aliphatic carbocycles. The molecule has 0 aliphatic rings. The molecule has 2 rings (SSSR count). The fourth-order valence-corrected chi connectivity index (χ4v) is 3.37. The standard InChI is InChI=1S/C12H8Cl2F3N3OS/c1-20-3-7(13)6(8(14)4-20)5-22-11-18-9(12(15,16)17)2-10(21)19-11/h2-4H,5H2,1H3/p+1. The van der Waals surface area contributed by atoms with E-state index in [0.717, 1.165) is 11.8 Å². The zero-order valence-corrected chi connectivity index (χ0v) is 13.4. The molecule has 0 saturated carbocycles. The van der Waals surface area contributed by atoms with Gasteiger partial charge in [-0.1, -0.05) is 35.0 Å². The van der Waals surface area contributed by atoms with Crippen molar-refractivity contribution < 1.29 is 17.7 Å². The molecule has 0 saturated heterocycles. The van der Waals surface area contributed by atoms with Crippen LogP contribution in [0, 0.1) is 0 Å². The smallest absolute Gasteiger partial charge is 0.301 e. The molecule has 2 heterocycles. The number of nitrogens with one attached hydrogen (secondary N) is 1. The van der Waals surface area contributed by atoms with Crippen LogP contribution in [0.25, 0.3) is 0 Å². The first-order valence-corrected chi connectivity index (χ1v) is 7.55. The van der Waals surface area contributed by atoms with Gasteiger partial charge >= 0.3 is 6.18 Å². The quantitative estimate of drug-likeness (QED) is 0.512. The van der Waals surface area contributed by atoms with Crippen molar-refractivity contribution in [3.05, 3.63) is 50.1 Å². The molecular formula is C12H9Cl2F3N3OS+. The molecule has 0 fully saturated rings. The van der Waals surface area contributed by atoms with Gasteiger partial charge in [-0.05, 0) is 0 Å². The van der Waals surface area contributed by atoms with Crippen LogP contribution in [0.1, 0.15) is 11.3 Å². The number of alkyl halides is 3. The molecule has 0 unspecified atom stereocenters. The molecule has 0 aliphatic heterocycles. The number of aryl methyl sites for hydroxylation is 1. The number of aromatic nitrogens is 3. The zero-order valence-electron chi connectivity index (χ0n) is 11.0. The van der Waals surface area contributed by atoms with E-state index in [0.29, 0.717) is 21.7 Å². The van der Waals surface area contributed by atoms with Crippen molar-refractivity contribution in [2.45, 2.75) is 17.1 Å². The summed E-state index contributed by atoms with van der Waals surface area (Å²) < 4.78 is 39.5. The lowest BCUT2D eigenvalue weighted by molar-refractivity contribution is -0.671. The van der Waals surface area contributed by atoms with Crippen LogP contribution in [0.4, 0.5) is 13.2 Å². The second kappa shape index (κ2) is 6.47. The van der Waals surface area contributed by atoms with Gasteiger partial charge in [-0.2, -0.15) is 13.2 Å². The number of halogens is 5. The molecule has 10 heteroatoms. The van der Waals surface area contributed by atoms with Gasteiger partial charge in [0.2, 0.25) is 0 Å². The number of hydrogen-bond acceptors (Lipinski definition) is 3. The van der Waals surface area contributed by atoms with Crippen LogP contribution >= 0.6 is 35.0 Å². The van der Waals surface area contributed by atoms with E-state index in [1.807, 2.05) is 0 Å². The lowest BCUT2D eigenvalue weighted by Gasteiger charge is -2.08. The molecule has 0 radical (unpaired) electrons. The van der Waals surface area contributed by atoms with Crippen LogP contribution < -0.4 is 10.1 Å². The Kier molecular flexibility index (Phi) is 5.03. The molecule has 0 amide bonds. The first kappa shape index (κ1) is 17.1. The summed E-state index contributed by atoms with van der Waals surface area (Å²) in [5.41, 5.74) is -1.57. The minimum Gasteiger partial charge on any atom is -0.301 e. The molecule has 118 valence electrons. The molecule has 0 spiro atoms. The third-order valence-electron chi connectivity index (χ3n) is 2.57. The molecule has 0 bridgehead atoms. The summed E-state index contributed by atoms with van der Waals surface area (Å²) in [5.74, 6) is 0.169. The Morgan fingerprint density at radius 1 is 1.32 bits per heavy atom. The second-order valence-electron chi connectivity index (χ2n) is 4.32. The average Bonchev–Trinajstić information content (AvgIpc) is 2.35. The highest BCUT2D eigenvalue weighted by Crippen LogP contribution is 2.31. The Morgan fingerprint density at radius 2 is 1.91 bits per heavy atom. The molecule has 0 aromatic carbocycles. The van der Waals surface area contributed by atoms with Crippen LogP contribution in [-0.4, -0.2) is 9.97 Å². The van der Waals surface area contributed by atoms with Crippen molar-refractivity contribution in [1.82, 2.24) is 9.97 Å². The fourth-order valence-electron chi connectivity index (χ4n) is 1.59. The Morgan fingerprint density at radius 3 is 2.45 bits per heavy atom. The molecule has 1 N–H and O–H groups in total. The van der Waals surface area contributed by atoms with Crippen LogP contribution in [0.2, 0.25) is 10.0 Å². The summed E-state index contributed by atoms with van der Waals surface area (Å²) in [5, 5.41) is 0.592. The third-order valence-corrected chi connectivity index (χ3v) is 4.13. The minimum atomic E-state index is -4.68. The number of aromatic amines is 1. The van der Waals surface area contributed by atoms with E-state index in [1.165, 1.54) is 0 Å². The average molecular weight is 371 g/mol. The maximum atomic E-state index is 12.6. The van der Waals surface area contributed by atoms with Crippen molar-refractivity contribution in [2.24, 2.45) is 7.05 Å². The SMILES string of the molecule is C[n+]1cc(Cl)c(CSc2nc(C(F)(F)F)cc(=O)[nH]2)c(Cl)c1. The van der Waals surface area contributed by atoms with E-state index in [-0.39, 0.29) is 10.9 Å². The van der Waals surface area contributed by atoms with Gasteiger partial charge in [0.15, 0.2) is 23.2 Å². The number of thioether (sulfide) groups is 1. The largest absolute Gasteiger partial charge is 0.433 e. The topological polar surface area (TPSA) is 49.6 Å². The van der Waals surface area contributed by atoms with E-state index >= 15 is 0 Å². The fraction of sp³-hybridized carbons (Fsp3) is 0.250. The summed E-state index contributed by atoms with van der Waals surface area (Å²) in [7, 11) is 1.74. The molecule has 2 aromatic heterocycles. The van der Waals surface area contributed by atoms with Crippen molar-refractivity contribution in [3.63, 3.8) is 0 Å². The number of nitrogens with zero attached hydrogens (tertiary/aromatic N) is 2.